The fourth-order valence-electron chi connectivity index (χ4n) is 2.45. The molecule has 0 atom stereocenters. The van der Waals surface area contributed by atoms with Gasteiger partial charge in [0, 0.05) is 13.0 Å². The van der Waals surface area contributed by atoms with Gasteiger partial charge in [0.2, 0.25) is 5.91 Å². The van der Waals surface area contributed by atoms with Gasteiger partial charge in [0.05, 0.1) is 0 Å². The van der Waals surface area contributed by atoms with Crippen molar-refractivity contribution >= 4 is 5.91 Å². The van der Waals surface area contributed by atoms with Gasteiger partial charge in [0.1, 0.15) is 0 Å². The average molecular weight is 255 g/mol. The first-order valence-corrected chi connectivity index (χ1v) is 7.75. The van der Waals surface area contributed by atoms with E-state index in [2.05, 4.69) is 39.9 Å². The number of unbranched alkanes of at least 4 members (excludes halogenated alkanes) is 4. The number of nitrogens with one attached hydrogen (secondary N) is 1. The van der Waals surface area contributed by atoms with Gasteiger partial charge >= 0.3 is 0 Å². The molecule has 0 aromatic heterocycles. The Hall–Kier alpha value is -0.530. The second kappa shape index (κ2) is 10.4. The third-order valence-electron chi connectivity index (χ3n) is 3.75. The Morgan fingerprint density at radius 1 is 0.944 bits per heavy atom. The number of hydrogen-bond acceptors (Lipinski definition) is 1. The molecule has 1 amide bonds. The molecule has 0 saturated heterocycles. The second-order valence-electron chi connectivity index (χ2n) is 6.12. The van der Waals surface area contributed by atoms with E-state index in [-0.39, 0.29) is 5.91 Å². The van der Waals surface area contributed by atoms with Gasteiger partial charge in [0.15, 0.2) is 0 Å². The average Bonchev–Trinajstić information content (AvgIpc) is 2.28. The van der Waals surface area contributed by atoms with Crippen LogP contribution in [0.3, 0.4) is 0 Å². The van der Waals surface area contributed by atoms with Crippen LogP contribution in [0.5, 0.6) is 0 Å². The van der Waals surface area contributed by atoms with Crippen LogP contribution in [0.2, 0.25) is 0 Å². The van der Waals surface area contributed by atoms with Crippen molar-refractivity contribution in [3.63, 3.8) is 0 Å². The fraction of sp³-hybridized carbons (Fsp3) is 0.938. The van der Waals surface area contributed by atoms with Crippen LogP contribution in [-0.4, -0.2) is 12.5 Å². The van der Waals surface area contributed by atoms with Gasteiger partial charge in [-0.05, 0) is 24.2 Å². The van der Waals surface area contributed by atoms with Crippen LogP contribution in [0.4, 0.5) is 0 Å². The summed E-state index contributed by atoms with van der Waals surface area (Å²) in [6, 6.07) is 0. The number of amides is 1. The Morgan fingerprint density at radius 3 is 2.00 bits per heavy atom. The molecule has 0 saturated carbocycles. The minimum Gasteiger partial charge on any atom is -0.356 e. The van der Waals surface area contributed by atoms with Crippen molar-refractivity contribution in [1.82, 2.24) is 5.32 Å². The Morgan fingerprint density at radius 2 is 1.50 bits per heavy atom. The first kappa shape index (κ1) is 17.5. The zero-order valence-corrected chi connectivity index (χ0v) is 13.1. The topological polar surface area (TPSA) is 29.1 Å². The summed E-state index contributed by atoms with van der Waals surface area (Å²) >= 11 is 0. The summed E-state index contributed by atoms with van der Waals surface area (Å²) in [4.78, 5) is 11.7. The van der Waals surface area contributed by atoms with Crippen molar-refractivity contribution in [2.24, 2.45) is 17.8 Å². The van der Waals surface area contributed by atoms with E-state index < -0.39 is 0 Å². The summed E-state index contributed by atoms with van der Waals surface area (Å²) in [5, 5.41) is 3.10. The lowest BCUT2D eigenvalue weighted by molar-refractivity contribution is -0.121. The van der Waals surface area contributed by atoms with E-state index in [0.29, 0.717) is 24.2 Å². The molecule has 0 bridgehead atoms. The molecule has 0 spiro atoms. The molecular formula is C16H33NO. The van der Waals surface area contributed by atoms with Crippen molar-refractivity contribution in [3.05, 3.63) is 0 Å². The monoisotopic (exact) mass is 255 g/mol. The van der Waals surface area contributed by atoms with E-state index in [1.165, 1.54) is 25.7 Å². The molecule has 2 heteroatoms. The fourth-order valence-corrected chi connectivity index (χ4v) is 2.45. The van der Waals surface area contributed by atoms with Crippen molar-refractivity contribution in [2.45, 2.75) is 73.1 Å². The Labute approximate surface area is 114 Å². The second-order valence-corrected chi connectivity index (χ2v) is 6.12. The van der Waals surface area contributed by atoms with Crippen LogP contribution in [0.25, 0.3) is 0 Å². The molecule has 0 aliphatic heterocycles. The molecule has 0 heterocycles. The van der Waals surface area contributed by atoms with Crippen LogP contribution in [0.1, 0.15) is 73.1 Å². The molecule has 0 aliphatic carbocycles. The summed E-state index contributed by atoms with van der Waals surface area (Å²) in [6.07, 6.45) is 6.76. The highest BCUT2D eigenvalue weighted by Gasteiger charge is 2.17. The van der Waals surface area contributed by atoms with Gasteiger partial charge in [0.25, 0.3) is 0 Å². The number of hydrogen-bond donors (Lipinski definition) is 1. The largest absolute Gasteiger partial charge is 0.356 e. The highest BCUT2D eigenvalue weighted by molar-refractivity contribution is 5.75. The summed E-state index contributed by atoms with van der Waals surface area (Å²) in [6.45, 7) is 12.0. The Kier molecular flexibility index (Phi) is 10.1. The van der Waals surface area contributed by atoms with E-state index in [9.17, 15) is 4.79 Å². The molecule has 0 radical (unpaired) electrons. The summed E-state index contributed by atoms with van der Waals surface area (Å²) in [7, 11) is 0. The standard InChI is InChI=1S/C16H33NO/c1-6-7-8-9-10-11-16(18)17-12-15(13(2)3)14(4)5/h13-15H,6-12H2,1-5H3,(H,17,18). The van der Waals surface area contributed by atoms with Crippen LogP contribution in [-0.2, 0) is 4.79 Å². The Bertz CT molecular complexity index is 203. The van der Waals surface area contributed by atoms with E-state index >= 15 is 0 Å². The predicted octanol–water partition coefficient (Wildman–Crippen LogP) is 4.39. The van der Waals surface area contributed by atoms with Crippen LogP contribution in [0, 0.1) is 17.8 Å². The summed E-state index contributed by atoms with van der Waals surface area (Å²) in [5.74, 6) is 2.09. The summed E-state index contributed by atoms with van der Waals surface area (Å²) in [5.41, 5.74) is 0. The van der Waals surface area contributed by atoms with Gasteiger partial charge in [-0.2, -0.15) is 0 Å². The van der Waals surface area contributed by atoms with E-state index in [0.717, 1.165) is 13.0 Å². The first-order valence-electron chi connectivity index (χ1n) is 7.75. The van der Waals surface area contributed by atoms with Gasteiger partial charge < -0.3 is 5.32 Å². The molecule has 0 rings (SSSR count). The highest BCUT2D eigenvalue weighted by Crippen LogP contribution is 2.19. The summed E-state index contributed by atoms with van der Waals surface area (Å²) < 4.78 is 0. The molecule has 108 valence electrons. The van der Waals surface area contributed by atoms with Crippen molar-refractivity contribution in [2.75, 3.05) is 6.54 Å². The number of carbonyl (C=O) groups excluding carboxylic acids is 1. The highest BCUT2D eigenvalue weighted by atomic mass is 16.1. The molecule has 0 aliphatic rings. The van der Waals surface area contributed by atoms with Crippen LogP contribution >= 0.6 is 0 Å². The van der Waals surface area contributed by atoms with Gasteiger partial charge in [-0.1, -0.05) is 60.3 Å². The lowest BCUT2D eigenvalue weighted by atomic mass is 9.85. The van der Waals surface area contributed by atoms with E-state index in [1.807, 2.05) is 0 Å². The smallest absolute Gasteiger partial charge is 0.220 e. The predicted molar refractivity (Wildman–Crippen MR) is 79.6 cm³/mol. The SMILES string of the molecule is CCCCCCCC(=O)NCC(C(C)C)C(C)C. The minimum atomic E-state index is 0.234. The lowest BCUT2D eigenvalue weighted by Gasteiger charge is -2.25. The molecule has 2 nitrogen and oxygen atoms in total. The maximum Gasteiger partial charge on any atom is 0.220 e. The molecule has 1 N–H and O–H groups in total. The zero-order valence-electron chi connectivity index (χ0n) is 13.1. The third-order valence-corrected chi connectivity index (χ3v) is 3.75. The normalized spacial score (nSPS) is 11.6. The lowest BCUT2D eigenvalue weighted by Crippen LogP contribution is -2.33. The molecule has 0 unspecified atom stereocenters. The molecule has 18 heavy (non-hydrogen) atoms. The molecular weight excluding hydrogens is 222 g/mol. The number of rotatable bonds is 10. The van der Waals surface area contributed by atoms with Gasteiger partial charge in [-0.3, -0.25) is 4.79 Å². The minimum absolute atomic E-state index is 0.234. The van der Waals surface area contributed by atoms with Crippen LogP contribution in [0.15, 0.2) is 0 Å². The van der Waals surface area contributed by atoms with E-state index in [1.54, 1.807) is 0 Å². The van der Waals surface area contributed by atoms with Gasteiger partial charge in [-0.15, -0.1) is 0 Å². The first-order chi connectivity index (χ1) is 8.49. The molecule has 0 fully saturated rings. The zero-order chi connectivity index (χ0) is 14.0. The van der Waals surface area contributed by atoms with Gasteiger partial charge in [-0.25, -0.2) is 0 Å². The maximum atomic E-state index is 11.7. The maximum absolute atomic E-state index is 11.7. The van der Waals surface area contributed by atoms with Crippen LogP contribution < -0.4 is 5.32 Å². The molecule has 0 aromatic carbocycles. The molecule has 0 aromatic rings. The van der Waals surface area contributed by atoms with E-state index in [4.69, 9.17) is 0 Å². The number of carbonyl (C=O) groups is 1. The third kappa shape index (κ3) is 8.54. The Balaban J connectivity index is 3.68. The van der Waals surface area contributed by atoms with Crippen molar-refractivity contribution in [1.29, 1.82) is 0 Å². The quantitative estimate of drug-likeness (QED) is 0.576. The van der Waals surface area contributed by atoms with Crippen molar-refractivity contribution in [3.8, 4) is 0 Å². The van der Waals surface area contributed by atoms with Crippen molar-refractivity contribution < 1.29 is 4.79 Å².